The molecule has 0 aliphatic carbocycles. The number of likely N-dealkylation sites (N-methyl/N-ethyl adjacent to an activating group) is 1. The average molecular weight is 489 g/mol. The van der Waals surface area contributed by atoms with Crippen molar-refractivity contribution in [1.29, 1.82) is 0 Å². The largest absolute Gasteiger partial charge is 0.508 e. The van der Waals surface area contributed by atoms with Crippen LogP contribution in [-0.2, 0) is 24.4 Å². The Labute approximate surface area is 208 Å². The maximum atomic E-state index is 13.6. The summed E-state index contributed by atoms with van der Waals surface area (Å²) >= 11 is 0. The van der Waals surface area contributed by atoms with E-state index in [4.69, 9.17) is 4.74 Å². The number of ether oxygens (including phenoxy) is 1. The van der Waals surface area contributed by atoms with Crippen molar-refractivity contribution in [2.45, 2.75) is 32.0 Å². The quantitative estimate of drug-likeness (QED) is 0.489. The van der Waals surface area contributed by atoms with E-state index in [1.807, 2.05) is 24.3 Å². The number of phenolic OH excluding ortho intramolecular Hbond substituents is 2. The van der Waals surface area contributed by atoms with Crippen molar-refractivity contribution in [2.75, 3.05) is 25.5 Å². The molecule has 2 aromatic carbocycles. The molecule has 36 heavy (non-hydrogen) atoms. The summed E-state index contributed by atoms with van der Waals surface area (Å²) in [5, 5.41) is 24.1. The number of phenols is 2. The summed E-state index contributed by atoms with van der Waals surface area (Å²) in [6.45, 7) is 1.52. The summed E-state index contributed by atoms with van der Waals surface area (Å²) in [6.07, 6.45) is 2.73. The molecule has 0 spiro atoms. The highest BCUT2D eigenvalue weighted by molar-refractivity contribution is 6.00. The smallest absolute Gasteiger partial charge is 0.261 e. The Morgan fingerprint density at radius 3 is 2.81 bits per heavy atom. The summed E-state index contributed by atoms with van der Waals surface area (Å²) in [5.74, 6) is -0.741. The van der Waals surface area contributed by atoms with Gasteiger partial charge in [0.2, 0.25) is 5.91 Å². The Bertz CT molecular complexity index is 1300. The molecule has 0 saturated carbocycles. The van der Waals surface area contributed by atoms with Crippen molar-refractivity contribution >= 4 is 17.5 Å². The van der Waals surface area contributed by atoms with Crippen LogP contribution in [-0.4, -0.2) is 63.0 Å². The van der Waals surface area contributed by atoms with Crippen LogP contribution in [0.3, 0.4) is 0 Å². The van der Waals surface area contributed by atoms with Crippen molar-refractivity contribution < 1.29 is 24.5 Å². The number of carbonyl (C=O) groups is 2. The number of likely N-dealkylation sites (tertiary alicyclic amines) is 1. The standard InChI is InChI=1S/C27H28N4O5/c1-30-14-19(11-25(30)34)29-22-7-4-5-17-8-10-31(15-21(17)22)27(35)26-23(33)12-20(32)13-24(26)36-16-18-6-2-3-9-28-18/h2-7,9,12-13,19,29,32-33H,8,10-11,14-16H2,1H3/t19-/m1/s1. The van der Waals surface area contributed by atoms with Crippen molar-refractivity contribution in [1.82, 2.24) is 14.8 Å². The second-order valence-electron chi connectivity index (χ2n) is 9.19. The van der Waals surface area contributed by atoms with Crippen molar-refractivity contribution in [3.8, 4) is 17.2 Å². The SMILES string of the molecule is CN1C[C@H](Nc2cccc3c2CN(C(=O)c2c(O)cc(O)cc2OCc2ccccn2)CC3)CC1=O. The van der Waals surface area contributed by atoms with Crippen molar-refractivity contribution in [3.63, 3.8) is 0 Å². The monoisotopic (exact) mass is 488 g/mol. The summed E-state index contributed by atoms with van der Waals surface area (Å²) in [5.41, 5.74) is 3.69. The molecule has 1 atom stereocenters. The first-order valence-electron chi connectivity index (χ1n) is 11.9. The molecule has 2 aliphatic rings. The number of amides is 2. The number of pyridine rings is 1. The predicted molar refractivity (Wildman–Crippen MR) is 133 cm³/mol. The van der Waals surface area contributed by atoms with Crippen molar-refractivity contribution in [2.24, 2.45) is 0 Å². The van der Waals surface area contributed by atoms with Gasteiger partial charge in [-0.15, -0.1) is 0 Å². The van der Waals surface area contributed by atoms with E-state index in [0.29, 0.717) is 38.2 Å². The molecule has 1 fully saturated rings. The second-order valence-corrected chi connectivity index (χ2v) is 9.19. The lowest BCUT2D eigenvalue weighted by molar-refractivity contribution is -0.126. The minimum absolute atomic E-state index is 0.000589. The van der Waals surface area contributed by atoms with Gasteiger partial charge in [0.1, 0.15) is 29.4 Å². The van der Waals surface area contributed by atoms with E-state index >= 15 is 0 Å². The highest BCUT2D eigenvalue weighted by Crippen LogP contribution is 2.36. The lowest BCUT2D eigenvalue weighted by atomic mass is 9.96. The average Bonchev–Trinajstić information content (AvgIpc) is 3.19. The van der Waals surface area contributed by atoms with Crippen LogP contribution in [0.15, 0.2) is 54.7 Å². The summed E-state index contributed by atoms with van der Waals surface area (Å²) in [6, 6.07) is 13.9. The van der Waals surface area contributed by atoms with Gasteiger partial charge >= 0.3 is 0 Å². The van der Waals surface area contributed by atoms with E-state index in [-0.39, 0.29) is 47.3 Å². The van der Waals surface area contributed by atoms with Gasteiger partial charge in [-0.1, -0.05) is 18.2 Å². The van der Waals surface area contributed by atoms with Gasteiger partial charge in [0.05, 0.1) is 11.7 Å². The molecule has 1 aromatic heterocycles. The fourth-order valence-corrected chi connectivity index (χ4v) is 4.78. The van der Waals surface area contributed by atoms with Crippen molar-refractivity contribution in [3.05, 3.63) is 77.1 Å². The number of aromatic nitrogens is 1. The first-order chi connectivity index (χ1) is 17.4. The van der Waals surface area contributed by atoms with Crippen LogP contribution in [0.4, 0.5) is 5.69 Å². The lowest BCUT2D eigenvalue weighted by Crippen LogP contribution is -2.37. The van der Waals surface area contributed by atoms with E-state index in [9.17, 15) is 19.8 Å². The molecule has 3 aromatic rings. The minimum atomic E-state index is -0.389. The zero-order valence-corrected chi connectivity index (χ0v) is 20.0. The number of aromatic hydroxyl groups is 2. The summed E-state index contributed by atoms with van der Waals surface area (Å²) in [4.78, 5) is 33.2. The number of hydrogen-bond donors (Lipinski definition) is 3. The molecule has 0 bridgehead atoms. The molecule has 5 rings (SSSR count). The molecule has 2 amide bonds. The first kappa shape index (κ1) is 23.5. The maximum Gasteiger partial charge on any atom is 0.261 e. The fraction of sp³-hybridized carbons (Fsp3) is 0.296. The molecule has 3 heterocycles. The molecule has 186 valence electrons. The topological polar surface area (TPSA) is 115 Å². The second kappa shape index (κ2) is 9.77. The zero-order valence-electron chi connectivity index (χ0n) is 20.0. The molecular weight excluding hydrogens is 460 g/mol. The van der Waals surface area contributed by atoms with Crippen LogP contribution >= 0.6 is 0 Å². The Balaban J connectivity index is 1.38. The highest BCUT2D eigenvalue weighted by atomic mass is 16.5. The Kier molecular flexibility index (Phi) is 6.37. The summed E-state index contributed by atoms with van der Waals surface area (Å²) in [7, 11) is 1.79. The lowest BCUT2D eigenvalue weighted by Gasteiger charge is -2.31. The van der Waals surface area contributed by atoms with Crippen LogP contribution in [0.5, 0.6) is 17.2 Å². The van der Waals surface area contributed by atoms with E-state index in [0.717, 1.165) is 22.9 Å². The predicted octanol–water partition coefficient (Wildman–Crippen LogP) is 2.91. The number of fused-ring (bicyclic) bond motifs is 1. The molecule has 9 heteroatoms. The Hall–Kier alpha value is -4.27. The third kappa shape index (κ3) is 4.77. The van der Waals surface area contributed by atoms with Crippen LogP contribution < -0.4 is 10.1 Å². The van der Waals surface area contributed by atoms with Crippen LogP contribution in [0.25, 0.3) is 0 Å². The van der Waals surface area contributed by atoms with E-state index in [1.165, 1.54) is 6.07 Å². The Morgan fingerprint density at radius 2 is 2.06 bits per heavy atom. The summed E-state index contributed by atoms with van der Waals surface area (Å²) < 4.78 is 5.82. The highest BCUT2D eigenvalue weighted by Gasteiger charge is 2.31. The van der Waals surface area contributed by atoms with Gasteiger partial charge in [0.25, 0.3) is 5.91 Å². The Morgan fingerprint density at radius 1 is 1.19 bits per heavy atom. The molecule has 0 unspecified atom stereocenters. The third-order valence-electron chi connectivity index (χ3n) is 6.64. The third-order valence-corrected chi connectivity index (χ3v) is 6.64. The van der Waals surface area contributed by atoms with Gasteiger partial charge < -0.3 is 30.1 Å². The first-order valence-corrected chi connectivity index (χ1v) is 11.9. The van der Waals surface area contributed by atoms with Gasteiger partial charge in [-0.3, -0.25) is 14.6 Å². The van der Waals surface area contributed by atoms with E-state index in [1.54, 1.807) is 35.2 Å². The molecule has 2 aliphatic heterocycles. The number of anilines is 1. The molecule has 9 nitrogen and oxygen atoms in total. The fourth-order valence-electron chi connectivity index (χ4n) is 4.78. The number of rotatable bonds is 6. The number of benzene rings is 2. The zero-order chi connectivity index (χ0) is 25.2. The maximum absolute atomic E-state index is 13.6. The number of carbonyl (C=O) groups excluding carboxylic acids is 2. The van der Waals surface area contributed by atoms with Gasteiger partial charge in [0, 0.05) is 57.1 Å². The van der Waals surface area contributed by atoms with E-state index < -0.39 is 0 Å². The van der Waals surface area contributed by atoms with Gasteiger partial charge in [0.15, 0.2) is 0 Å². The van der Waals surface area contributed by atoms with E-state index in [2.05, 4.69) is 10.3 Å². The molecule has 3 N–H and O–H groups in total. The number of nitrogens with one attached hydrogen (secondary N) is 1. The van der Waals surface area contributed by atoms with Crippen LogP contribution in [0, 0.1) is 0 Å². The molecular formula is C27H28N4O5. The number of hydrogen-bond acceptors (Lipinski definition) is 7. The van der Waals surface area contributed by atoms with Crippen LogP contribution in [0.2, 0.25) is 0 Å². The van der Waals surface area contributed by atoms with Crippen LogP contribution in [0.1, 0.15) is 33.6 Å². The van der Waals surface area contributed by atoms with Gasteiger partial charge in [-0.25, -0.2) is 0 Å². The van der Waals surface area contributed by atoms with Gasteiger partial charge in [-0.2, -0.15) is 0 Å². The molecule has 0 radical (unpaired) electrons. The number of nitrogens with zero attached hydrogens (tertiary/aromatic N) is 3. The van der Waals surface area contributed by atoms with Gasteiger partial charge in [-0.05, 0) is 35.7 Å². The minimum Gasteiger partial charge on any atom is -0.508 e. The normalized spacial score (nSPS) is 17.1. The molecule has 1 saturated heterocycles.